The number of benzene rings is 2. The Balaban J connectivity index is 1.42. The van der Waals surface area contributed by atoms with E-state index in [1.165, 1.54) is 43.2 Å². The second-order valence-electron chi connectivity index (χ2n) is 7.57. The molecule has 0 bridgehead atoms. The molecular weight excluding hydrogens is 336 g/mol. The first kappa shape index (κ1) is 18.1. The Morgan fingerprint density at radius 3 is 2.70 bits per heavy atom. The lowest BCUT2D eigenvalue weighted by Crippen LogP contribution is -2.35. The number of carbonyl (C=O) groups excluding carboxylic acids is 1. The lowest BCUT2D eigenvalue weighted by Gasteiger charge is -2.36. The molecule has 1 saturated carbocycles. The highest BCUT2D eigenvalue weighted by molar-refractivity contribution is 5.92. The minimum Gasteiger partial charge on any atom is -0.495 e. The molecular formula is C23H28N2O2. The number of fused-ring (bicyclic) bond motifs is 1. The maximum atomic E-state index is 12.6. The van der Waals surface area contributed by atoms with Crippen LogP contribution in [-0.4, -0.2) is 30.5 Å². The van der Waals surface area contributed by atoms with Gasteiger partial charge in [-0.2, -0.15) is 0 Å². The maximum Gasteiger partial charge on any atom is 0.225 e. The number of carbonyl (C=O) groups is 1. The fourth-order valence-electron chi connectivity index (χ4n) is 4.26. The second-order valence-corrected chi connectivity index (χ2v) is 7.57. The number of aryl methyl sites for hydroxylation is 1. The van der Waals surface area contributed by atoms with Gasteiger partial charge in [0.2, 0.25) is 5.91 Å². The third kappa shape index (κ3) is 4.16. The summed E-state index contributed by atoms with van der Waals surface area (Å²) in [5.74, 6) is 0.750. The van der Waals surface area contributed by atoms with E-state index >= 15 is 0 Å². The highest BCUT2D eigenvalue weighted by atomic mass is 16.5. The summed E-state index contributed by atoms with van der Waals surface area (Å²) >= 11 is 0. The van der Waals surface area contributed by atoms with Gasteiger partial charge in [-0.15, -0.1) is 0 Å². The SMILES string of the molecule is COc1ccccc1NC(=O)CCN(C1CC1)C1CCCc2ccccc21. The molecule has 2 aromatic rings. The molecule has 2 aliphatic carbocycles. The number of rotatable bonds is 7. The van der Waals surface area contributed by atoms with Crippen molar-refractivity contribution < 1.29 is 9.53 Å². The molecule has 2 aliphatic rings. The number of hydrogen-bond acceptors (Lipinski definition) is 3. The number of nitrogens with zero attached hydrogens (tertiary/aromatic N) is 1. The zero-order chi connectivity index (χ0) is 18.6. The van der Waals surface area contributed by atoms with Crippen molar-refractivity contribution in [2.45, 2.75) is 50.6 Å². The van der Waals surface area contributed by atoms with Crippen molar-refractivity contribution in [2.75, 3.05) is 19.0 Å². The van der Waals surface area contributed by atoms with Gasteiger partial charge in [-0.3, -0.25) is 9.69 Å². The summed E-state index contributed by atoms with van der Waals surface area (Å²) in [6.07, 6.45) is 6.63. The van der Waals surface area contributed by atoms with Crippen LogP contribution in [0.2, 0.25) is 0 Å². The minimum absolute atomic E-state index is 0.0502. The molecule has 0 aliphatic heterocycles. The van der Waals surface area contributed by atoms with Crippen molar-refractivity contribution in [3.8, 4) is 5.75 Å². The maximum absolute atomic E-state index is 12.6. The van der Waals surface area contributed by atoms with Crippen molar-refractivity contribution >= 4 is 11.6 Å². The fourth-order valence-corrected chi connectivity index (χ4v) is 4.26. The summed E-state index contributed by atoms with van der Waals surface area (Å²) in [6.45, 7) is 0.810. The third-order valence-corrected chi connectivity index (χ3v) is 5.73. The van der Waals surface area contributed by atoms with Gasteiger partial charge in [0.1, 0.15) is 5.75 Å². The van der Waals surface area contributed by atoms with E-state index in [-0.39, 0.29) is 5.91 Å². The van der Waals surface area contributed by atoms with Crippen LogP contribution in [-0.2, 0) is 11.2 Å². The molecule has 4 nitrogen and oxygen atoms in total. The van der Waals surface area contributed by atoms with Crippen LogP contribution in [0.15, 0.2) is 48.5 Å². The monoisotopic (exact) mass is 364 g/mol. The van der Waals surface area contributed by atoms with Crippen LogP contribution in [0.5, 0.6) is 5.75 Å². The van der Waals surface area contributed by atoms with E-state index in [0.29, 0.717) is 24.3 Å². The average Bonchev–Trinajstić information content (AvgIpc) is 3.54. The van der Waals surface area contributed by atoms with Crippen molar-refractivity contribution in [1.82, 2.24) is 4.90 Å². The molecule has 0 radical (unpaired) electrons. The second kappa shape index (κ2) is 8.13. The predicted octanol–water partition coefficient (Wildman–Crippen LogP) is 4.57. The fraction of sp³-hybridized carbons (Fsp3) is 0.435. The van der Waals surface area contributed by atoms with Crippen molar-refractivity contribution in [3.05, 3.63) is 59.7 Å². The largest absolute Gasteiger partial charge is 0.495 e. The zero-order valence-corrected chi connectivity index (χ0v) is 16.0. The van der Waals surface area contributed by atoms with E-state index in [0.717, 1.165) is 12.2 Å². The lowest BCUT2D eigenvalue weighted by atomic mass is 9.86. The first-order valence-electron chi connectivity index (χ1n) is 10.0. The topological polar surface area (TPSA) is 41.6 Å². The summed E-state index contributed by atoms with van der Waals surface area (Å²) in [6, 6.07) is 17.5. The zero-order valence-electron chi connectivity index (χ0n) is 16.0. The number of amides is 1. The molecule has 2 aromatic carbocycles. The Morgan fingerprint density at radius 2 is 1.89 bits per heavy atom. The normalized spacial score (nSPS) is 18.8. The molecule has 27 heavy (non-hydrogen) atoms. The van der Waals surface area contributed by atoms with E-state index in [1.807, 2.05) is 24.3 Å². The average molecular weight is 364 g/mol. The van der Waals surface area contributed by atoms with Crippen LogP contribution < -0.4 is 10.1 Å². The summed E-state index contributed by atoms with van der Waals surface area (Å²) in [4.78, 5) is 15.1. The molecule has 1 atom stereocenters. The molecule has 0 spiro atoms. The van der Waals surface area contributed by atoms with Gasteiger partial charge in [-0.1, -0.05) is 36.4 Å². The molecule has 1 fully saturated rings. The lowest BCUT2D eigenvalue weighted by molar-refractivity contribution is -0.116. The molecule has 0 saturated heterocycles. The predicted molar refractivity (Wildman–Crippen MR) is 108 cm³/mol. The number of nitrogens with one attached hydrogen (secondary N) is 1. The Bertz CT molecular complexity index is 800. The summed E-state index contributed by atoms with van der Waals surface area (Å²) < 4.78 is 5.33. The van der Waals surface area contributed by atoms with Crippen molar-refractivity contribution in [2.24, 2.45) is 0 Å². The molecule has 1 N–H and O–H groups in total. The van der Waals surface area contributed by atoms with E-state index in [1.54, 1.807) is 7.11 Å². The van der Waals surface area contributed by atoms with Gasteiger partial charge in [0, 0.05) is 25.0 Å². The molecule has 4 heteroatoms. The number of ether oxygens (including phenoxy) is 1. The Kier molecular flexibility index (Phi) is 5.44. The van der Waals surface area contributed by atoms with Crippen LogP contribution in [0.4, 0.5) is 5.69 Å². The summed E-state index contributed by atoms with van der Waals surface area (Å²) in [5.41, 5.74) is 3.70. The number of methoxy groups -OCH3 is 1. The molecule has 0 aromatic heterocycles. The van der Waals surface area contributed by atoms with E-state index in [4.69, 9.17) is 4.74 Å². The van der Waals surface area contributed by atoms with Crippen LogP contribution in [0, 0.1) is 0 Å². The smallest absolute Gasteiger partial charge is 0.225 e. The third-order valence-electron chi connectivity index (χ3n) is 5.73. The molecule has 142 valence electrons. The van der Waals surface area contributed by atoms with Gasteiger partial charge in [0.25, 0.3) is 0 Å². The number of para-hydroxylation sites is 2. The molecule has 4 rings (SSSR count). The standard InChI is InChI=1S/C23H28N2O2/c1-27-22-12-5-4-10-20(22)24-23(26)15-16-25(18-13-14-18)21-11-6-8-17-7-2-3-9-19(17)21/h2-5,7,9-10,12,18,21H,6,8,11,13-16H2,1H3,(H,24,26). The molecule has 0 heterocycles. The highest BCUT2D eigenvalue weighted by Gasteiger charge is 2.36. The first-order chi connectivity index (χ1) is 13.3. The van der Waals surface area contributed by atoms with Gasteiger partial charge in [0.05, 0.1) is 12.8 Å². The Hall–Kier alpha value is -2.33. The Labute approximate surface area is 161 Å². The summed E-state index contributed by atoms with van der Waals surface area (Å²) in [7, 11) is 1.63. The molecule has 1 amide bonds. The van der Waals surface area contributed by atoms with Crippen molar-refractivity contribution in [1.29, 1.82) is 0 Å². The molecule has 1 unspecified atom stereocenters. The van der Waals surface area contributed by atoms with Crippen LogP contribution >= 0.6 is 0 Å². The van der Waals surface area contributed by atoms with Gasteiger partial charge in [0.15, 0.2) is 0 Å². The first-order valence-corrected chi connectivity index (χ1v) is 10.0. The van der Waals surface area contributed by atoms with Crippen LogP contribution in [0.1, 0.15) is 49.3 Å². The van der Waals surface area contributed by atoms with E-state index in [9.17, 15) is 4.79 Å². The highest BCUT2D eigenvalue weighted by Crippen LogP contribution is 2.40. The van der Waals surface area contributed by atoms with Crippen LogP contribution in [0.3, 0.4) is 0 Å². The van der Waals surface area contributed by atoms with E-state index in [2.05, 4.69) is 34.5 Å². The van der Waals surface area contributed by atoms with Gasteiger partial charge in [-0.05, 0) is 55.4 Å². The Morgan fingerprint density at radius 1 is 1.11 bits per heavy atom. The van der Waals surface area contributed by atoms with Crippen LogP contribution in [0.25, 0.3) is 0 Å². The van der Waals surface area contributed by atoms with Gasteiger partial charge >= 0.3 is 0 Å². The quantitative estimate of drug-likeness (QED) is 0.783. The van der Waals surface area contributed by atoms with Crippen molar-refractivity contribution in [3.63, 3.8) is 0 Å². The summed E-state index contributed by atoms with van der Waals surface area (Å²) in [5, 5.41) is 3.01. The van der Waals surface area contributed by atoms with E-state index < -0.39 is 0 Å². The number of anilines is 1. The van der Waals surface area contributed by atoms with Gasteiger partial charge < -0.3 is 10.1 Å². The number of hydrogen-bond donors (Lipinski definition) is 1. The minimum atomic E-state index is 0.0502. The van der Waals surface area contributed by atoms with Gasteiger partial charge in [-0.25, -0.2) is 0 Å².